The van der Waals surface area contributed by atoms with Crippen LogP contribution in [0.25, 0.3) is 0 Å². The third-order valence-electron chi connectivity index (χ3n) is 4.20. The zero-order valence-electron chi connectivity index (χ0n) is 15.4. The molecule has 0 bridgehead atoms. The Morgan fingerprint density at radius 2 is 1.58 bits per heavy atom. The largest absolute Gasteiger partial charge is 0.350 e. The molecule has 0 aromatic heterocycles. The molecule has 4 nitrogen and oxygen atoms in total. The molecule has 2 rings (SSSR count). The lowest BCUT2D eigenvalue weighted by atomic mass is 10.1. The number of halogens is 1. The Balaban J connectivity index is 2.06. The smallest absolute Gasteiger partial charge is 0.242 e. The standard InChI is InChI=1S/C21H25ClN2O2/c1-15(2)21(26)24(14-18-7-5-4-6-8-18)16(3)20(25)23-13-17-9-11-19(22)12-10-17/h4-12,15-16H,13-14H2,1-3H3,(H,23,25)/t16-/m0/s1. The van der Waals surface area contributed by atoms with Gasteiger partial charge in [-0.15, -0.1) is 0 Å². The number of nitrogens with one attached hydrogen (secondary N) is 1. The van der Waals surface area contributed by atoms with E-state index in [2.05, 4.69) is 5.32 Å². The van der Waals surface area contributed by atoms with Gasteiger partial charge in [0.1, 0.15) is 6.04 Å². The van der Waals surface area contributed by atoms with Gasteiger partial charge in [-0.3, -0.25) is 9.59 Å². The van der Waals surface area contributed by atoms with E-state index >= 15 is 0 Å². The van der Waals surface area contributed by atoms with Gasteiger partial charge in [0.05, 0.1) is 0 Å². The Bertz CT molecular complexity index is 729. The Morgan fingerprint density at radius 3 is 2.15 bits per heavy atom. The van der Waals surface area contributed by atoms with Crippen LogP contribution in [0.1, 0.15) is 31.9 Å². The average Bonchev–Trinajstić information content (AvgIpc) is 2.65. The minimum absolute atomic E-state index is 0.0389. The van der Waals surface area contributed by atoms with Crippen molar-refractivity contribution in [2.75, 3.05) is 0 Å². The van der Waals surface area contributed by atoms with Crippen molar-refractivity contribution in [3.8, 4) is 0 Å². The molecule has 138 valence electrons. The van der Waals surface area contributed by atoms with Crippen LogP contribution in [0.3, 0.4) is 0 Å². The van der Waals surface area contributed by atoms with Gasteiger partial charge in [-0.1, -0.05) is 67.9 Å². The van der Waals surface area contributed by atoms with E-state index in [9.17, 15) is 9.59 Å². The number of hydrogen-bond donors (Lipinski definition) is 1. The summed E-state index contributed by atoms with van der Waals surface area (Å²) >= 11 is 5.88. The van der Waals surface area contributed by atoms with Crippen LogP contribution in [0, 0.1) is 5.92 Å². The zero-order valence-corrected chi connectivity index (χ0v) is 16.2. The second-order valence-corrected chi connectivity index (χ2v) is 7.06. The number of nitrogens with zero attached hydrogens (tertiary/aromatic N) is 1. The van der Waals surface area contributed by atoms with Crippen molar-refractivity contribution in [3.05, 3.63) is 70.7 Å². The van der Waals surface area contributed by atoms with Crippen molar-refractivity contribution in [1.29, 1.82) is 0 Å². The van der Waals surface area contributed by atoms with Gasteiger partial charge in [0.25, 0.3) is 0 Å². The maximum Gasteiger partial charge on any atom is 0.242 e. The highest BCUT2D eigenvalue weighted by Crippen LogP contribution is 2.14. The molecule has 26 heavy (non-hydrogen) atoms. The number of rotatable bonds is 7. The summed E-state index contributed by atoms with van der Waals surface area (Å²) in [4.78, 5) is 26.9. The van der Waals surface area contributed by atoms with Crippen molar-refractivity contribution in [2.45, 2.75) is 39.9 Å². The monoisotopic (exact) mass is 372 g/mol. The van der Waals surface area contributed by atoms with Crippen LogP contribution in [0.15, 0.2) is 54.6 Å². The minimum atomic E-state index is -0.558. The molecule has 2 aromatic rings. The Labute approximate surface area is 160 Å². The second-order valence-electron chi connectivity index (χ2n) is 6.63. The van der Waals surface area contributed by atoms with Crippen LogP contribution in [-0.4, -0.2) is 22.8 Å². The number of benzene rings is 2. The first-order chi connectivity index (χ1) is 12.4. The normalized spacial score (nSPS) is 11.9. The van der Waals surface area contributed by atoms with Gasteiger partial charge in [-0.2, -0.15) is 0 Å². The summed E-state index contributed by atoms with van der Waals surface area (Å²) in [6.45, 7) is 6.26. The molecule has 0 spiro atoms. The molecule has 0 aliphatic rings. The third kappa shape index (κ3) is 5.60. The lowest BCUT2D eigenvalue weighted by Crippen LogP contribution is -2.48. The van der Waals surface area contributed by atoms with E-state index in [1.807, 2.05) is 56.3 Å². The van der Waals surface area contributed by atoms with E-state index in [0.717, 1.165) is 11.1 Å². The summed E-state index contributed by atoms with van der Waals surface area (Å²) in [6, 6.07) is 16.5. The first kappa shape index (κ1) is 20.0. The lowest BCUT2D eigenvalue weighted by molar-refractivity contribution is -0.143. The molecule has 5 heteroatoms. The van der Waals surface area contributed by atoms with E-state index in [-0.39, 0.29) is 17.7 Å². The first-order valence-electron chi connectivity index (χ1n) is 8.75. The molecule has 0 heterocycles. The van der Waals surface area contributed by atoms with E-state index in [1.165, 1.54) is 0 Å². The first-order valence-corrected chi connectivity index (χ1v) is 9.13. The number of hydrogen-bond acceptors (Lipinski definition) is 2. The lowest BCUT2D eigenvalue weighted by Gasteiger charge is -2.30. The molecule has 2 amide bonds. The van der Waals surface area contributed by atoms with Crippen LogP contribution < -0.4 is 5.32 Å². The summed E-state index contributed by atoms with van der Waals surface area (Å²) in [6.07, 6.45) is 0. The van der Waals surface area contributed by atoms with E-state index in [1.54, 1.807) is 24.0 Å². The van der Waals surface area contributed by atoms with Gasteiger partial charge < -0.3 is 10.2 Å². The Morgan fingerprint density at radius 1 is 0.962 bits per heavy atom. The molecular formula is C21H25ClN2O2. The van der Waals surface area contributed by atoms with Crippen molar-refractivity contribution >= 4 is 23.4 Å². The van der Waals surface area contributed by atoms with Crippen molar-refractivity contribution in [1.82, 2.24) is 10.2 Å². The minimum Gasteiger partial charge on any atom is -0.350 e. The van der Waals surface area contributed by atoms with Crippen molar-refractivity contribution in [3.63, 3.8) is 0 Å². The molecule has 0 aliphatic heterocycles. The summed E-state index contributed by atoms with van der Waals surface area (Å²) in [5.41, 5.74) is 1.96. The molecule has 0 radical (unpaired) electrons. The molecule has 0 unspecified atom stereocenters. The Kier molecular flexibility index (Phi) is 7.22. The topological polar surface area (TPSA) is 49.4 Å². The van der Waals surface area contributed by atoms with Gasteiger partial charge in [0.15, 0.2) is 0 Å². The van der Waals surface area contributed by atoms with Crippen molar-refractivity contribution in [2.24, 2.45) is 5.92 Å². The van der Waals surface area contributed by atoms with Crippen LogP contribution >= 0.6 is 11.6 Å². The number of carbonyl (C=O) groups is 2. The molecule has 1 atom stereocenters. The molecule has 2 aromatic carbocycles. The van der Waals surface area contributed by atoms with Crippen LogP contribution in [0.2, 0.25) is 5.02 Å². The second kappa shape index (κ2) is 9.39. The zero-order chi connectivity index (χ0) is 19.1. The van der Waals surface area contributed by atoms with Gasteiger partial charge in [-0.05, 0) is 30.2 Å². The Hall–Kier alpha value is -2.33. The molecule has 0 saturated heterocycles. The maximum absolute atomic E-state index is 12.6. The molecule has 0 aliphatic carbocycles. The highest BCUT2D eigenvalue weighted by Gasteiger charge is 2.27. The maximum atomic E-state index is 12.6. The van der Waals surface area contributed by atoms with Crippen LogP contribution in [0.5, 0.6) is 0 Å². The summed E-state index contributed by atoms with van der Waals surface area (Å²) in [5.74, 6) is -0.391. The average molecular weight is 373 g/mol. The molecule has 0 saturated carbocycles. The summed E-state index contributed by atoms with van der Waals surface area (Å²) in [5, 5.41) is 3.56. The van der Waals surface area contributed by atoms with Gasteiger partial charge >= 0.3 is 0 Å². The predicted molar refractivity (Wildman–Crippen MR) is 105 cm³/mol. The highest BCUT2D eigenvalue weighted by molar-refractivity contribution is 6.30. The SMILES string of the molecule is CC(C)C(=O)N(Cc1ccccc1)[C@@H](C)C(=O)NCc1ccc(Cl)cc1. The third-order valence-corrected chi connectivity index (χ3v) is 4.45. The van der Waals surface area contributed by atoms with Gasteiger partial charge in [0.2, 0.25) is 11.8 Å². The fraction of sp³-hybridized carbons (Fsp3) is 0.333. The quantitative estimate of drug-likeness (QED) is 0.797. The van der Waals surface area contributed by atoms with E-state index in [4.69, 9.17) is 11.6 Å². The summed E-state index contributed by atoms with van der Waals surface area (Å²) in [7, 11) is 0. The van der Waals surface area contributed by atoms with E-state index < -0.39 is 6.04 Å². The van der Waals surface area contributed by atoms with Crippen molar-refractivity contribution < 1.29 is 9.59 Å². The molecular weight excluding hydrogens is 348 g/mol. The molecule has 1 N–H and O–H groups in total. The van der Waals surface area contributed by atoms with Crippen LogP contribution in [0.4, 0.5) is 0 Å². The van der Waals surface area contributed by atoms with Crippen LogP contribution in [-0.2, 0) is 22.7 Å². The van der Waals surface area contributed by atoms with E-state index in [0.29, 0.717) is 18.1 Å². The van der Waals surface area contributed by atoms with Gasteiger partial charge in [-0.25, -0.2) is 0 Å². The van der Waals surface area contributed by atoms with Gasteiger partial charge in [0, 0.05) is 24.0 Å². The number of carbonyl (C=O) groups excluding carboxylic acids is 2. The fourth-order valence-electron chi connectivity index (χ4n) is 2.60. The fourth-order valence-corrected chi connectivity index (χ4v) is 2.72. The predicted octanol–water partition coefficient (Wildman–Crippen LogP) is 4.03. The number of amides is 2. The molecule has 0 fully saturated rings. The highest BCUT2D eigenvalue weighted by atomic mass is 35.5. The summed E-state index contributed by atoms with van der Waals surface area (Å²) < 4.78 is 0.